The first-order valence-electron chi connectivity index (χ1n) is 7.74. The van der Waals surface area contributed by atoms with Crippen molar-refractivity contribution in [2.75, 3.05) is 13.2 Å². The van der Waals surface area contributed by atoms with Crippen molar-refractivity contribution in [3.63, 3.8) is 0 Å². The Balaban J connectivity index is 0.00000116. The van der Waals surface area contributed by atoms with Crippen LogP contribution in [-0.2, 0) is 20.8 Å². The fraction of sp³-hybridized carbons (Fsp3) is 0.368. The lowest BCUT2D eigenvalue weighted by atomic mass is 10.2. The van der Waals surface area contributed by atoms with Crippen LogP contribution in [0.25, 0.3) is 0 Å². The Morgan fingerprint density at radius 3 is 2.45 bits per heavy atom. The molecule has 1 heterocycles. The first-order chi connectivity index (χ1) is 10.8. The highest BCUT2D eigenvalue weighted by atomic mass is 16.6. The summed E-state index contributed by atoms with van der Waals surface area (Å²) in [6.07, 6.45) is 5.61. The quantitative estimate of drug-likeness (QED) is 0.399. The number of allylic oxidation sites excluding steroid dienone is 3. The van der Waals surface area contributed by atoms with Crippen molar-refractivity contribution in [2.24, 2.45) is 0 Å². The summed E-state index contributed by atoms with van der Waals surface area (Å²) >= 11 is 0. The van der Waals surface area contributed by atoms with Gasteiger partial charge in [0.15, 0.2) is 11.5 Å². The molecule has 120 valence electrons. The Morgan fingerprint density at radius 2 is 1.91 bits per heavy atom. The van der Waals surface area contributed by atoms with E-state index in [1.807, 2.05) is 63.3 Å². The molecule has 3 heteroatoms. The number of epoxide rings is 1. The third-order valence-corrected chi connectivity index (χ3v) is 2.84. The molecule has 1 fully saturated rings. The highest BCUT2D eigenvalue weighted by Gasteiger charge is 2.24. The molecule has 0 spiro atoms. The molecule has 0 amide bonds. The zero-order valence-corrected chi connectivity index (χ0v) is 13.7. The van der Waals surface area contributed by atoms with Gasteiger partial charge in [-0.05, 0) is 24.6 Å². The van der Waals surface area contributed by atoms with E-state index in [0.29, 0.717) is 19.0 Å². The average Bonchev–Trinajstić information content (AvgIpc) is 3.40. The monoisotopic (exact) mass is 302 g/mol. The molecule has 0 radical (unpaired) electrons. The van der Waals surface area contributed by atoms with Crippen LogP contribution in [0.4, 0.5) is 0 Å². The van der Waals surface area contributed by atoms with E-state index < -0.39 is 0 Å². The van der Waals surface area contributed by atoms with Crippen LogP contribution in [0, 0.1) is 0 Å². The molecule has 1 atom stereocenters. The normalized spacial score (nSPS) is 17.1. The van der Waals surface area contributed by atoms with E-state index in [1.54, 1.807) is 6.08 Å². The molecule has 1 aromatic carbocycles. The van der Waals surface area contributed by atoms with E-state index in [2.05, 4.69) is 6.58 Å². The predicted molar refractivity (Wildman–Crippen MR) is 90.3 cm³/mol. The summed E-state index contributed by atoms with van der Waals surface area (Å²) in [7, 11) is 0. The number of rotatable bonds is 8. The predicted octanol–water partition coefficient (Wildman–Crippen LogP) is 4.62. The van der Waals surface area contributed by atoms with Crippen LogP contribution in [0.15, 0.2) is 66.7 Å². The summed E-state index contributed by atoms with van der Waals surface area (Å²) in [6.45, 7) is 11.5. The summed E-state index contributed by atoms with van der Waals surface area (Å²) in [4.78, 5) is 0. The van der Waals surface area contributed by atoms with Crippen molar-refractivity contribution in [3.05, 3.63) is 72.2 Å². The second-order valence-electron chi connectivity index (χ2n) is 4.46. The molecular weight excluding hydrogens is 276 g/mol. The number of hydrogen-bond donors (Lipinski definition) is 0. The van der Waals surface area contributed by atoms with Gasteiger partial charge in [-0.1, -0.05) is 56.8 Å². The zero-order valence-electron chi connectivity index (χ0n) is 13.7. The second-order valence-corrected chi connectivity index (χ2v) is 4.46. The van der Waals surface area contributed by atoms with Gasteiger partial charge in [-0.2, -0.15) is 0 Å². The van der Waals surface area contributed by atoms with Gasteiger partial charge in [-0.15, -0.1) is 0 Å². The Bertz CT molecular complexity index is 485. The molecule has 1 saturated heterocycles. The van der Waals surface area contributed by atoms with Gasteiger partial charge in [0, 0.05) is 0 Å². The maximum Gasteiger partial charge on any atom is 0.160 e. The van der Waals surface area contributed by atoms with E-state index >= 15 is 0 Å². The lowest BCUT2D eigenvalue weighted by Gasteiger charge is -2.14. The first-order valence-corrected chi connectivity index (χ1v) is 7.74. The third kappa shape index (κ3) is 6.64. The minimum absolute atomic E-state index is 0.218. The van der Waals surface area contributed by atoms with Crippen LogP contribution in [0.3, 0.4) is 0 Å². The molecule has 0 N–H and O–H groups in total. The van der Waals surface area contributed by atoms with Crippen molar-refractivity contribution < 1.29 is 14.2 Å². The Hall–Kier alpha value is -2.00. The fourth-order valence-corrected chi connectivity index (χ4v) is 1.69. The van der Waals surface area contributed by atoms with Gasteiger partial charge in [-0.3, -0.25) is 0 Å². The SMILES string of the molecule is C=C/C=C(OCC1CO1)\C(=C/C)OCc1ccccc1.CC. The molecule has 1 unspecified atom stereocenters. The Labute approximate surface area is 133 Å². The highest BCUT2D eigenvalue weighted by molar-refractivity contribution is 5.24. The Kier molecular flexibility index (Phi) is 8.77. The van der Waals surface area contributed by atoms with Crippen LogP contribution in [0.2, 0.25) is 0 Å². The van der Waals surface area contributed by atoms with Crippen LogP contribution >= 0.6 is 0 Å². The largest absolute Gasteiger partial charge is 0.487 e. The van der Waals surface area contributed by atoms with Gasteiger partial charge < -0.3 is 14.2 Å². The van der Waals surface area contributed by atoms with Crippen LogP contribution < -0.4 is 0 Å². The molecule has 2 rings (SSSR count). The molecular formula is C19H26O3. The van der Waals surface area contributed by atoms with E-state index in [1.165, 1.54) is 0 Å². The maximum absolute atomic E-state index is 5.82. The minimum Gasteiger partial charge on any atom is -0.487 e. The van der Waals surface area contributed by atoms with E-state index in [9.17, 15) is 0 Å². The van der Waals surface area contributed by atoms with Crippen LogP contribution in [-0.4, -0.2) is 19.3 Å². The molecule has 0 aliphatic carbocycles. The molecule has 0 bridgehead atoms. The lowest BCUT2D eigenvalue weighted by molar-refractivity contribution is 0.133. The number of ether oxygens (including phenoxy) is 3. The van der Waals surface area contributed by atoms with Gasteiger partial charge in [0.1, 0.15) is 19.3 Å². The molecule has 0 saturated carbocycles. The van der Waals surface area contributed by atoms with Crippen molar-refractivity contribution >= 4 is 0 Å². The van der Waals surface area contributed by atoms with Crippen molar-refractivity contribution in [1.82, 2.24) is 0 Å². The molecule has 1 aliphatic heterocycles. The number of hydrogen-bond acceptors (Lipinski definition) is 3. The van der Waals surface area contributed by atoms with Crippen molar-refractivity contribution in [3.8, 4) is 0 Å². The smallest absolute Gasteiger partial charge is 0.160 e. The lowest BCUT2D eigenvalue weighted by Crippen LogP contribution is -2.05. The summed E-state index contributed by atoms with van der Waals surface area (Å²) < 4.78 is 16.7. The van der Waals surface area contributed by atoms with Crippen molar-refractivity contribution in [2.45, 2.75) is 33.5 Å². The molecule has 1 aromatic rings. The summed E-state index contributed by atoms with van der Waals surface area (Å²) in [5.41, 5.74) is 1.12. The van der Waals surface area contributed by atoms with E-state index in [-0.39, 0.29) is 6.10 Å². The molecule has 0 aromatic heterocycles. The zero-order chi connectivity index (χ0) is 16.2. The maximum atomic E-state index is 5.82. The second kappa shape index (κ2) is 10.7. The van der Waals surface area contributed by atoms with Gasteiger partial charge in [0.05, 0.1) is 6.61 Å². The van der Waals surface area contributed by atoms with Gasteiger partial charge in [0.25, 0.3) is 0 Å². The van der Waals surface area contributed by atoms with Gasteiger partial charge in [-0.25, -0.2) is 0 Å². The highest BCUT2D eigenvalue weighted by Crippen LogP contribution is 2.19. The summed E-state index contributed by atoms with van der Waals surface area (Å²) in [6, 6.07) is 10.0. The van der Waals surface area contributed by atoms with Crippen molar-refractivity contribution in [1.29, 1.82) is 0 Å². The first kappa shape index (κ1) is 18.1. The summed E-state index contributed by atoms with van der Waals surface area (Å²) in [5.74, 6) is 1.41. The fourth-order valence-electron chi connectivity index (χ4n) is 1.69. The number of benzene rings is 1. The summed E-state index contributed by atoms with van der Waals surface area (Å²) in [5, 5.41) is 0. The molecule has 1 aliphatic rings. The standard InChI is InChI=1S/C17H20O3.C2H6/c1-3-8-17(20-13-15-12-18-15)16(4-2)19-11-14-9-6-5-7-10-14;1-2/h3-10,15H,1,11-13H2,2H3;1-2H3/b16-4+,17-8+;. The average molecular weight is 302 g/mol. The van der Waals surface area contributed by atoms with Gasteiger partial charge >= 0.3 is 0 Å². The minimum atomic E-state index is 0.218. The van der Waals surface area contributed by atoms with Gasteiger partial charge in [0.2, 0.25) is 0 Å². The van der Waals surface area contributed by atoms with Crippen LogP contribution in [0.5, 0.6) is 0 Å². The topological polar surface area (TPSA) is 31.0 Å². The molecule has 22 heavy (non-hydrogen) atoms. The third-order valence-electron chi connectivity index (χ3n) is 2.84. The van der Waals surface area contributed by atoms with E-state index in [4.69, 9.17) is 14.2 Å². The van der Waals surface area contributed by atoms with Crippen LogP contribution in [0.1, 0.15) is 26.3 Å². The van der Waals surface area contributed by atoms with E-state index in [0.717, 1.165) is 17.9 Å². The molecule has 3 nitrogen and oxygen atoms in total. The Morgan fingerprint density at radius 1 is 1.23 bits per heavy atom.